The van der Waals surface area contributed by atoms with Gasteiger partial charge in [-0.3, -0.25) is 0 Å². The van der Waals surface area contributed by atoms with Crippen molar-refractivity contribution in [1.82, 2.24) is 20.0 Å². The van der Waals surface area contributed by atoms with Gasteiger partial charge in [-0.2, -0.15) is 0 Å². The molecule has 5 nitrogen and oxygen atoms in total. The van der Waals surface area contributed by atoms with Crippen molar-refractivity contribution in [1.29, 1.82) is 0 Å². The molecule has 2 rings (SSSR count). The lowest BCUT2D eigenvalue weighted by molar-refractivity contribution is 0.186. The molecule has 0 aromatic rings. The molecule has 2 saturated heterocycles. The molecule has 2 bridgehead atoms. The van der Waals surface area contributed by atoms with Crippen LogP contribution in [0, 0.1) is 0 Å². The lowest BCUT2D eigenvalue weighted by atomic mass is 10.4. The number of urea groups is 1. The smallest absolute Gasteiger partial charge is 0.320 e. The van der Waals surface area contributed by atoms with E-state index in [-0.39, 0.29) is 7.46 Å². The fourth-order valence-electron chi connectivity index (χ4n) is 2.31. The Morgan fingerprint density at radius 1 is 1.00 bits per heavy atom. The second-order valence-electron chi connectivity index (χ2n) is 4.44. The Balaban J connectivity index is 0.00000103. The maximum absolute atomic E-state index is 11.9. The Labute approximate surface area is 113 Å². The number of fused-ring (bicyclic) bond motifs is 2. The van der Waals surface area contributed by atoms with Gasteiger partial charge in [0.05, 0.1) is 0 Å². The highest BCUT2D eigenvalue weighted by molar-refractivity contribution is 5.76. The number of carbonyl (C=O) groups is 1. The summed E-state index contributed by atoms with van der Waals surface area (Å²) in [5, 5.41) is 3.40. The standard InChI is InChI=1S/C11H22N4O.C2H6.H2/c1-2-13-5-3-12-4-6-14-9-10-15(8-7-13)11(14)16;1-2;/h12H,2-10H2,1H3;1-2H3;1H. The Bertz CT molecular complexity index is 253. The van der Waals surface area contributed by atoms with Crippen LogP contribution in [0.2, 0.25) is 0 Å². The van der Waals surface area contributed by atoms with E-state index in [1.807, 2.05) is 23.6 Å². The topological polar surface area (TPSA) is 38.8 Å². The summed E-state index contributed by atoms with van der Waals surface area (Å²) in [5.41, 5.74) is 0. The van der Waals surface area contributed by atoms with Gasteiger partial charge in [0.2, 0.25) is 0 Å². The van der Waals surface area contributed by atoms with Crippen molar-refractivity contribution in [2.75, 3.05) is 58.9 Å². The van der Waals surface area contributed by atoms with Crippen LogP contribution in [0.4, 0.5) is 4.79 Å². The van der Waals surface area contributed by atoms with Gasteiger partial charge in [-0.25, -0.2) is 4.79 Å². The summed E-state index contributed by atoms with van der Waals surface area (Å²) >= 11 is 0. The first-order valence-electron chi connectivity index (χ1n) is 7.28. The minimum atomic E-state index is 0. The van der Waals surface area contributed by atoms with Gasteiger partial charge in [-0.15, -0.1) is 0 Å². The molecule has 0 spiro atoms. The second-order valence-corrected chi connectivity index (χ2v) is 4.44. The second kappa shape index (κ2) is 8.32. The summed E-state index contributed by atoms with van der Waals surface area (Å²) in [5.74, 6) is 0. The number of rotatable bonds is 1. The average molecular weight is 258 g/mol. The third-order valence-corrected chi connectivity index (χ3v) is 3.48. The van der Waals surface area contributed by atoms with Gasteiger partial charge in [0.1, 0.15) is 0 Å². The molecule has 5 heteroatoms. The number of hydrogen-bond acceptors (Lipinski definition) is 3. The van der Waals surface area contributed by atoms with Crippen LogP contribution >= 0.6 is 0 Å². The molecule has 0 unspecified atom stereocenters. The van der Waals surface area contributed by atoms with E-state index in [1.165, 1.54) is 0 Å². The summed E-state index contributed by atoms with van der Waals surface area (Å²) < 4.78 is 0. The SMILES string of the molecule is CC.CCN1CCNCCN2CCN(CC1)C2=O.[HH]. The van der Waals surface area contributed by atoms with Crippen LogP contribution in [0.5, 0.6) is 0 Å². The van der Waals surface area contributed by atoms with Gasteiger partial charge < -0.3 is 20.0 Å². The molecule has 2 amide bonds. The molecule has 0 radical (unpaired) electrons. The lowest BCUT2D eigenvalue weighted by Crippen LogP contribution is -2.38. The van der Waals surface area contributed by atoms with E-state index < -0.39 is 0 Å². The maximum Gasteiger partial charge on any atom is 0.320 e. The van der Waals surface area contributed by atoms with Gasteiger partial charge in [0, 0.05) is 53.8 Å². The quantitative estimate of drug-likeness (QED) is 0.760. The van der Waals surface area contributed by atoms with E-state index in [2.05, 4.69) is 17.1 Å². The van der Waals surface area contributed by atoms with Gasteiger partial charge in [-0.1, -0.05) is 20.8 Å². The van der Waals surface area contributed by atoms with Crippen LogP contribution < -0.4 is 5.32 Å². The molecule has 18 heavy (non-hydrogen) atoms. The molecule has 0 atom stereocenters. The van der Waals surface area contributed by atoms with E-state index in [1.54, 1.807) is 0 Å². The predicted octanol–water partition coefficient (Wildman–Crippen LogP) is 0.921. The first-order valence-corrected chi connectivity index (χ1v) is 7.28. The van der Waals surface area contributed by atoms with E-state index in [9.17, 15) is 4.79 Å². The van der Waals surface area contributed by atoms with Crippen LogP contribution in [-0.2, 0) is 0 Å². The minimum absolute atomic E-state index is 0. The number of amides is 2. The Morgan fingerprint density at radius 3 is 2.22 bits per heavy atom. The zero-order valence-electron chi connectivity index (χ0n) is 12.1. The molecule has 108 valence electrons. The molecule has 2 heterocycles. The molecule has 2 aliphatic heterocycles. The van der Waals surface area contributed by atoms with Gasteiger partial charge >= 0.3 is 6.03 Å². The third-order valence-electron chi connectivity index (χ3n) is 3.48. The van der Waals surface area contributed by atoms with Crippen molar-refractivity contribution < 1.29 is 6.22 Å². The van der Waals surface area contributed by atoms with E-state index >= 15 is 0 Å². The highest BCUT2D eigenvalue weighted by Crippen LogP contribution is 2.08. The zero-order chi connectivity index (χ0) is 13.4. The Morgan fingerprint density at radius 2 is 1.56 bits per heavy atom. The highest BCUT2D eigenvalue weighted by Gasteiger charge is 2.27. The summed E-state index contributed by atoms with van der Waals surface area (Å²) in [7, 11) is 0. The number of likely N-dealkylation sites (N-methyl/N-ethyl adjacent to an activating group) is 1. The molecular formula is C13H30N4O. The largest absolute Gasteiger partial charge is 0.322 e. The lowest BCUT2D eigenvalue weighted by Gasteiger charge is -2.23. The Hall–Kier alpha value is -0.810. The third kappa shape index (κ3) is 4.14. The van der Waals surface area contributed by atoms with Crippen molar-refractivity contribution in [2.45, 2.75) is 20.8 Å². The number of nitrogens with zero attached hydrogens (tertiary/aromatic N) is 3. The highest BCUT2D eigenvalue weighted by atomic mass is 16.2. The molecule has 0 aromatic carbocycles. The van der Waals surface area contributed by atoms with Gasteiger partial charge in [0.25, 0.3) is 0 Å². The minimum Gasteiger partial charge on any atom is -0.322 e. The molecule has 0 aliphatic carbocycles. The summed E-state index contributed by atoms with van der Waals surface area (Å²) in [6, 6.07) is 0.222. The zero-order valence-corrected chi connectivity index (χ0v) is 12.1. The Kier molecular flexibility index (Phi) is 7.05. The normalized spacial score (nSPS) is 22.3. The van der Waals surface area contributed by atoms with E-state index in [0.717, 1.165) is 58.9 Å². The van der Waals surface area contributed by atoms with Crippen molar-refractivity contribution in [2.24, 2.45) is 0 Å². The van der Waals surface area contributed by atoms with Crippen LogP contribution in [0.3, 0.4) is 0 Å². The first kappa shape index (κ1) is 15.2. The van der Waals surface area contributed by atoms with Crippen LogP contribution in [0.15, 0.2) is 0 Å². The van der Waals surface area contributed by atoms with Gasteiger partial charge in [0.15, 0.2) is 0 Å². The summed E-state index contributed by atoms with van der Waals surface area (Å²) in [6.45, 7) is 14.8. The van der Waals surface area contributed by atoms with Crippen molar-refractivity contribution in [3.05, 3.63) is 0 Å². The summed E-state index contributed by atoms with van der Waals surface area (Å²) in [4.78, 5) is 18.3. The monoisotopic (exact) mass is 258 g/mol. The predicted molar refractivity (Wildman–Crippen MR) is 77.0 cm³/mol. The fourth-order valence-corrected chi connectivity index (χ4v) is 2.31. The molecule has 1 N–H and O–H groups in total. The van der Waals surface area contributed by atoms with Crippen molar-refractivity contribution in [3.8, 4) is 0 Å². The van der Waals surface area contributed by atoms with Crippen LogP contribution in [-0.4, -0.2) is 79.6 Å². The molecular weight excluding hydrogens is 228 g/mol. The van der Waals surface area contributed by atoms with Crippen molar-refractivity contribution in [3.63, 3.8) is 0 Å². The van der Waals surface area contributed by atoms with Gasteiger partial charge in [-0.05, 0) is 6.54 Å². The first-order chi connectivity index (χ1) is 8.81. The summed E-state index contributed by atoms with van der Waals surface area (Å²) in [6.07, 6.45) is 0. The fraction of sp³-hybridized carbons (Fsp3) is 0.923. The number of nitrogens with one attached hydrogen (secondary N) is 1. The molecule has 0 saturated carbocycles. The molecule has 2 fully saturated rings. The number of hydrogen-bond donors (Lipinski definition) is 1. The maximum atomic E-state index is 11.9. The van der Waals surface area contributed by atoms with Crippen LogP contribution in [0.1, 0.15) is 22.2 Å². The van der Waals surface area contributed by atoms with E-state index in [0.29, 0.717) is 0 Å². The average Bonchev–Trinajstić information content (AvgIpc) is 2.73. The number of carbonyl (C=O) groups excluding carboxylic acids is 1. The van der Waals surface area contributed by atoms with E-state index in [4.69, 9.17) is 0 Å². The molecule has 2 aliphatic rings. The molecule has 0 aromatic heterocycles. The van der Waals surface area contributed by atoms with Crippen LogP contribution in [0.25, 0.3) is 0 Å². The van der Waals surface area contributed by atoms with Crippen molar-refractivity contribution >= 4 is 6.03 Å².